The Kier molecular flexibility index (Phi) is 27.5. The van der Waals surface area contributed by atoms with Gasteiger partial charge in [-0.15, -0.1) is 0 Å². The molecule has 0 spiro atoms. The Hall–Kier alpha value is -6.19. The van der Waals surface area contributed by atoms with E-state index in [-0.39, 0.29) is 50.3 Å². The van der Waals surface area contributed by atoms with Crippen molar-refractivity contribution in [2.75, 3.05) is 37.7 Å². The molecule has 9 atom stereocenters. The first kappa shape index (κ1) is 61.9. The number of nitrogens with one attached hydrogen (secondary N) is 7. The van der Waals surface area contributed by atoms with Crippen molar-refractivity contribution in [3.63, 3.8) is 0 Å². The maximum Gasteiger partial charge on any atom is 0.300 e. The van der Waals surface area contributed by atoms with Crippen molar-refractivity contribution in [1.29, 1.82) is 0 Å². The molecule has 402 valence electrons. The van der Waals surface area contributed by atoms with Crippen LogP contribution in [-0.4, -0.2) is 166 Å². The molecule has 2 saturated heterocycles. The highest BCUT2D eigenvalue weighted by Gasteiger charge is 2.41. The van der Waals surface area contributed by atoms with Crippen molar-refractivity contribution in [2.45, 2.75) is 134 Å². The molecule has 2 aliphatic rings. The van der Waals surface area contributed by atoms with E-state index in [4.69, 9.17) is 31.8 Å². The highest BCUT2D eigenvalue weighted by atomic mass is 33.1. The lowest BCUT2D eigenvalue weighted by molar-refractivity contribution is -0.142. The number of ether oxygens (including phenoxy) is 1. The van der Waals surface area contributed by atoms with Gasteiger partial charge in [0.25, 0.3) is 5.97 Å². The van der Waals surface area contributed by atoms with E-state index in [1.807, 2.05) is 6.92 Å². The maximum absolute atomic E-state index is 14.4. The number of nitrogens with two attached hydrogens (primary N) is 3. The van der Waals surface area contributed by atoms with Crippen molar-refractivity contribution in [1.82, 2.24) is 42.1 Å². The van der Waals surface area contributed by atoms with Crippen LogP contribution in [0.5, 0.6) is 5.75 Å². The molecule has 3 rings (SSSR count). The first-order valence-corrected chi connectivity index (χ1v) is 26.0. The highest BCUT2D eigenvalue weighted by Crippen LogP contribution is 2.26. The predicted octanol–water partition coefficient (Wildman–Crippen LogP) is -2.95. The number of rotatable bonds is 18. The van der Waals surface area contributed by atoms with Gasteiger partial charge in [0.2, 0.25) is 59.1 Å². The van der Waals surface area contributed by atoms with Gasteiger partial charge < -0.3 is 74.3 Å². The quantitative estimate of drug-likeness (QED) is 0.0654. The van der Waals surface area contributed by atoms with Crippen molar-refractivity contribution in [2.24, 2.45) is 23.1 Å². The smallest absolute Gasteiger partial charge is 0.300 e. The molecule has 2 fully saturated rings. The van der Waals surface area contributed by atoms with Crippen LogP contribution in [0, 0.1) is 5.92 Å². The third-order valence-corrected chi connectivity index (χ3v) is 13.6. The Morgan fingerprint density at radius 3 is 2.07 bits per heavy atom. The molecule has 1 aromatic rings. The predicted molar refractivity (Wildman–Crippen MR) is 266 cm³/mol. The number of primary amides is 2. The summed E-state index contributed by atoms with van der Waals surface area (Å²) >= 11 is 0. The lowest BCUT2D eigenvalue weighted by atomic mass is 9.96. The number of aliphatic hydroxyl groups is 1. The summed E-state index contributed by atoms with van der Waals surface area (Å²) in [5.74, 6) is -8.90. The van der Waals surface area contributed by atoms with Gasteiger partial charge in [-0.05, 0) is 69.7 Å². The minimum Gasteiger partial charge on any atom is -0.494 e. The van der Waals surface area contributed by atoms with E-state index in [0.29, 0.717) is 37.2 Å². The SMILES string of the molecule is CC(=O)O.CCOc1ccc(CC2NC(=O)CCSSCC(C(=O)N3CCCC3C(=O)NC(CCCN)C(=O)NCC(N)=O)NC(=O)C(CC(N)=O)NC(=O)C(C(C)O)NC(=O)C(C(C)CC)NC2=O)cc1. The number of carbonyl (C=O) groups is 11. The van der Waals surface area contributed by atoms with Crippen LogP contribution in [0.1, 0.15) is 85.1 Å². The van der Waals surface area contributed by atoms with Crippen LogP contribution in [0.3, 0.4) is 0 Å². The van der Waals surface area contributed by atoms with Gasteiger partial charge in [-0.25, -0.2) is 0 Å². The average Bonchev–Trinajstić information content (AvgIpc) is 3.82. The number of benzene rings is 1. The summed E-state index contributed by atoms with van der Waals surface area (Å²) in [5, 5.41) is 36.1. The fraction of sp³-hybridized carbons (Fsp3) is 0.622. The second kappa shape index (κ2) is 32.0. The van der Waals surface area contributed by atoms with E-state index < -0.39 is 132 Å². The summed E-state index contributed by atoms with van der Waals surface area (Å²) in [6.45, 7) is 7.80. The standard InChI is InChI=1S/C43H67N11O12S2.C2H4O2/c1-5-23(3)35-41(63)53-36(24(4)55)42(64)50-29(20-32(45)56)38(60)51-30(43(65)54-17-8-10-31(54)40(62)49-27(9-7-16-44)37(59)47-21-33(46)57)22-68-67-18-15-34(58)48-28(39(61)52-35)19-25-11-13-26(14-12-25)66-6-2;1-2(3)4/h11-14,23-24,27-31,35-36,55H,5-10,15-22,44H2,1-4H3,(H2,45,56)(H2,46,57)(H,47,59)(H,48,58)(H,49,62)(H,50,64)(H,51,60)(H,52,61)(H,53,63);1H3,(H,3,4). The van der Waals surface area contributed by atoms with Gasteiger partial charge in [0.1, 0.15) is 48.0 Å². The minimum absolute atomic E-state index is 0.0243. The van der Waals surface area contributed by atoms with Crippen molar-refractivity contribution < 1.29 is 67.7 Å². The normalized spacial score (nSPS) is 22.8. The molecule has 72 heavy (non-hydrogen) atoms. The number of carboxylic acid groups (broad SMARTS) is 1. The van der Waals surface area contributed by atoms with Gasteiger partial charge >= 0.3 is 0 Å². The topological polar surface area (TPSA) is 403 Å². The van der Waals surface area contributed by atoms with E-state index in [0.717, 1.165) is 17.7 Å². The summed E-state index contributed by atoms with van der Waals surface area (Å²) in [7, 11) is 2.27. The Bertz CT molecular complexity index is 2050. The number of likely N-dealkylation sites (tertiary alicyclic amines) is 1. The monoisotopic (exact) mass is 1050 g/mol. The molecule has 25 nitrogen and oxygen atoms in total. The molecule has 15 N–H and O–H groups in total. The molecule has 0 aromatic heterocycles. The lowest BCUT2D eigenvalue weighted by Crippen LogP contribution is -2.63. The van der Waals surface area contributed by atoms with E-state index in [9.17, 15) is 53.1 Å². The average molecular weight is 1050 g/mol. The van der Waals surface area contributed by atoms with Gasteiger partial charge in [-0.3, -0.25) is 52.7 Å². The van der Waals surface area contributed by atoms with Crippen LogP contribution in [-0.2, 0) is 59.2 Å². The lowest BCUT2D eigenvalue weighted by Gasteiger charge is -2.31. The van der Waals surface area contributed by atoms with E-state index in [1.54, 1.807) is 38.1 Å². The zero-order valence-corrected chi connectivity index (χ0v) is 42.8. The van der Waals surface area contributed by atoms with Crippen LogP contribution in [0.25, 0.3) is 0 Å². The number of aliphatic hydroxyl groups excluding tert-OH is 1. The summed E-state index contributed by atoms with van der Waals surface area (Å²) in [4.78, 5) is 144. The second-order valence-corrected chi connectivity index (χ2v) is 19.7. The Morgan fingerprint density at radius 1 is 0.861 bits per heavy atom. The molecule has 9 unspecified atom stereocenters. The van der Waals surface area contributed by atoms with Gasteiger partial charge in [0, 0.05) is 37.8 Å². The van der Waals surface area contributed by atoms with Crippen LogP contribution in [0.2, 0.25) is 0 Å². The fourth-order valence-corrected chi connectivity index (χ4v) is 9.44. The Balaban J connectivity index is 0.00000427. The zero-order valence-electron chi connectivity index (χ0n) is 41.2. The largest absolute Gasteiger partial charge is 0.494 e. The second-order valence-electron chi connectivity index (χ2n) is 17.0. The Labute approximate surface area is 425 Å². The number of nitrogens with zero attached hydrogens (tertiary/aromatic N) is 1. The molecule has 27 heteroatoms. The molecule has 0 aliphatic carbocycles. The third-order valence-electron chi connectivity index (χ3n) is 11.2. The van der Waals surface area contributed by atoms with Crippen LogP contribution < -0.4 is 59.2 Å². The molecule has 2 heterocycles. The van der Waals surface area contributed by atoms with Gasteiger partial charge in [-0.1, -0.05) is 54.0 Å². The van der Waals surface area contributed by atoms with Gasteiger partial charge in [-0.2, -0.15) is 0 Å². The molecule has 2 aliphatic heterocycles. The zero-order chi connectivity index (χ0) is 54.1. The van der Waals surface area contributed by atoms with Crippen LogP contribution >= 0.6 is 21.6 Å². The highest BCUT2D eigenvalue weighted by molar-refractivity contribution is 8.76. The molecular weight excluding hydrogens is 983 g/mol. The van der Waals surface area contributed by atoms with Crippen LogP contribution in [0.15, 0.2) is 24.3 Å². The number of hydrogen-bond donors (Lipinski definition) is 12. The molecule has 0 saturated carbocycles. The van der Waals surface area contributed by atoms with Gasteiger partial charge in [0.15, 0.2) is 0 Å². The van der Waals surface area contributed by atoms with Crippen molar-refractivity contribution in [3.8, 4) is 5.75 Å². The molecule has 0 bridgehead atoms. The molecular formula is C45H71N11O14S2. The number of carboxylic acids is 1. The summed E-state index contributed by atoms with van der Waals surface area (Å²) < 4.78 is 5.53. The van der Waals surface area contributed by atoms with Gasteiger partial charge in [0.05, 0.1) is 25.7 Å². The fourth-order valence-electron chi connectivity index (χ4n) is 7.29. The van der Waals surface area contributed by atoms with Crippen LogP contribution in [0.4, 0.5) is 0 Å². The van der Waals surface area contributed by atoms with Crippen molar-refractivity contribution in [3.05, 3.63) is 29.8 Å². The first-order chi connectivity index (χ1) is 34.0. The summed E-state index contributed by atoms with van der Waals surface area (Å²) in [5.41, 5.74) is 17.0. The number of hydrogen-bond acceptors (Lipinski definition) is 16. The van der Waals surface area contributed by atoms with E-state index >= 15 is 0 Å². The summed E-state index contributed by atoms with van der Waals surface area (Å²) in [6, 6.07) is -2.62. The first-order valence-electron chi connectivity index (χ1n) is 23.5. The number of aliphatic carboxylic acids is 1. The maximum atomic E-state index is 14.4. The molecule has 10 amide bonds. The minimum atomic E-state index is -1.74. The third kappa shape index (κ3) is 21.7. The molecule has 0 radical (unpaired) electrons. The molecule has 1 aromatic carbocycles. The number of amides is 10. The number of carbonyl (C=O) groups excluding carboxylic acids is 10. The Morgan fingerprint density at radius 2 is 1.49 bits per heavy atom. The summed E-state index contributed by atoms with van der Waals surface area (Å²) in [6.07, 6.45) is -1.05. The van der Waals surface area contributed by atoms with E-state index in [1.165, 1.54) is 22.6 Å². The van der Waals surface area contributed by atoms with Crippen molar-refractivity contribution >= 4 is 86.6 Å². The van der Waals surface area contributed by atoms with E-state index in [2.05, 4.69) is 37.2 Å².